The number of carbonyl (C=O) groups excluding carboxylic acids is 2. The Labute approximate surface area is 205 Å². The van der Waals surface area contributed by atoms with Crippen molar-refractivity contribution in [3.8, 4) is 11.6 Å². The maximum atomic E-state index is 13.3. The van der Waals surface area contributed by atoms with Crippen molar-refractivity contribution in [3.63, 3.8) is 0 Å². The summed E-state index contributed by atoms with van der Waals surface area (Å²) in [7, 11) is 0. The van der Waals surface area contributed by atoms with Gasteiger partial charge in [-0.3, -0.25) is 9.59 Å². The molecular weight excluding hydrogens is 440 g/mol. The van der Waals surface area contributed by atoms with Gasteiger partial charge in [0.15, 0.2) is 0 Å². The van der Waals surface area contributed by atoms with Crippen molar-refractivity contribution in [2.75, 3.05) is 29.4 Å². The summed E-state index contributed by atoms with van der Waals surface area (Å²) in [4.78, 5) is 36.6. The molecule has 2 aliphatic heterocycles. The molecule has 1 saturated heterocycles. The van der Waals surface area contributed by atoms with Gasteiger partial charge in [0.1, 0.15) is 11.4 Å². The maximum absolute atomic E-state index is 13.3. The SMILES string of the molecule is Cc1cccc(N2CCN(C(=O)CCC(=O)N3Cc4ccccc4Oc4ncccc43)CC2C)c1. The van der Waals surface area contributed by atoms with Crippen LogP contribution >= 0.6 is 0 Å². The zero-order valence-corrected chi connectivity index (χ0v) is 20.2. The summed E-state index contributed by atoms with van der Waals surface area (Å²) in [6.45, 7) is 6.71. The van der Waals surface area contributed by atoms with E-state index in [1.54, 1.807) is 17.2 Å². The van der Waals surface area contributed by atoms with E-state index in [1.807, 2.05) is 35.2 Å². The van der Waals surface area contributed by atoms with E-state index >= 15 is 0 Å². The molecule has 0 saturated carbocycles. The number of piperazine rings is 1. The molecule has 7 heteroatoms. The van der Waals surface area contributed by atoms with Gasteiger partial charge in [0.2, 0.25) is 17.7 Å². The van der Waals surface area contributed by atoms with E-state index in [0.717, 1.165) is 12.1 Å². The van der Waals surface area contributed by atoms with Crippen LogP contribution in [-0.4, -0.2) is 47.4 Å². The highest BCUT2D eigenvalue weighted by Gasteiger charge is 2.29. The first kappa shape index (κ1) is 22.9. The highest BCUT2D eigenvalue weighted by molar-refractivity contribution is 5.96. The van der Waals surface area contributed by atoms with E-state index < -0.39 is 0 Å². The lowest BCUT2D eigenvalue weighted by atomic mass is 10.1. The van der Waals surface area contributed by atoms with Gasteiger partial charge in [-0.15, -0.1) is 0 Å². The second-order valence-corrected chi connectivity index (χ2v) is 9.24. The van der Waals surface area contributed by atoms with Crippen LogP contribution in [-0.2, 0) is 16.1 Å². The number of rotatable bonds is 4. The van der Waals surface area contributed by atoms with Gasteiger partial charge >= 0.3 is 0 Å². The molecule has 2 aliphatic rings. The zero-order chi connectivity index (χ0) is 24.4. The number of aryl methyl sites for hydroxylation is 1. The fourth-order valence-corrected chi connectivity index (χ4v) is 4.86. The number of carbonyl (C=O) groups is 2. The Balaban J connectivity index is 1.23. The highest BCUT2D eigenvalue weighted by atomic mass is 16.5. The smallest absolute Gasteiger partial charge is 0.243 e. The Hall–Kier alpha value is -3.87. The van der Waals surface area contributed by atoms with Crippen LogP contribution in [0.2, 0.25) is 0 Å². The fourth-order valence-electron chi connectivity index (χ4n) is 4.86. The second-order valence-electron chi connectivity index (χ2n) is 9.24. The van der Waals surface area contributed by atoms with Crippen molar-refractivity contribution >= 4 is 23.2 Å². The quantitative estimate of drug-likeness (QED) is 0.560. The van der Waals surface area contributed by atoms with Crippen molar-refractivity contribution in [1.82, 2.24) is 9.88 Å². The number of benzene rings is 2. The standard InChI is InChI=1S/C28H30N4O3/c1-20-7-5-9-23(17-20)31-16-15-30(18-21(31)2)26(33)12-13-27(34)32-19-22-8-3-4-11-25(22)35-28-24(32)10-6-14-29-28/h3-11,14,17,21H,12-13,15-16,18-19H2,1-2H3. The van der Waals surface area contributed by atoms with Crippen molar-refractivity contribution in [2.45, 2.75) is 39.3 Å². The molecule has 2 amide bonds. The van der Waals surface area contributed by atoms with Gasteiger partial charge in [-0.1, -0.05) is 30.3 Å². The first-order valence-electron chi connectivity index (χ1n) is 12.1. The van der Waals surface area contributed by atoms with Crippen LogP contribution in [0.15, 0.2) is 66.9 Å². The lowest BCUT2D eigenvalue weighted by Crippen LogP contribution is -2.53. The predicted octanol–water partition coefficient (Wildman–Crippen LogP) is 4.55. The first-order chi connectivity index (χ1) is 17.0. The summed E-state index contributed by atoms with van der Waals surface area (Å²) in [6.07, 6.45) is 1.98. The minimum Gasteiger partial charge on any atom is -0.437 e. The van der Waals surface area contributed by atoms with Gasteiger partial charge < -0.3 is 19.4 Å². The van der Waals surface area contributed by atoms with Crippen molar-refractivity contribution in [3.05, 3.63) is 78.0 Å². The predicted molar refractivity (Wildman–Crippen MR) is 136 cm³/mol. The lowest BCUT2D eigenvalue weighted by molar-refractivity contribution is -0.133. The average Bonchev–Trinajstić information content (AvgIpc) is 3.04. The van der Waals surface area contributed by atoms with Crippen molar-refractivity contribution in [1.29, 1.82) is 0 Å². The monoisotopic (exact) mass is 470 g/mol. The molecule has 0 bridgehead atoms. The molecule has 3 aromatic rings. The largest absolute Gasteiger partial charge is 0.437 e. The molecule has 0 aliphatic carbocycles. The molecule has 7 nitrogen and oxygen atoms in total. The molecule has 180 valence electrons. The zero-order valence-electron chi connectivity index (χ0n) is 20.2. The van der Waals surface area contributed by atoms with Crippen LogP contribution in [0.3, 0.4) is 0 Å². The van der Waals surface area contributed by atoms with E-state index in [9.17, 15) is 9.59 Å². The number of anilines is 2. The third-order valence-electron chi connectivity index (χ3n) is 6.72. The van der Waals surface area contributed by atoms with Gasteiger partial charge in [0.05, 0.1) is 6.54 Å². The summed E-state index contributed by atoms with van der Waals surface area (Å²) in [5.41, 5.74) is 3.95. The van der Waals surface area contributed by atoms with E-state index in [0.29, 0.717) is 37.0 Å². The van der Waals surface area contributed by atoms with E-state index in [2.05, 4.69) is 48.0 Å². The lowest BCUT2D eigenvalue weighted by Gasteiger charge is -2.41. The summed E-state index contributed by atoms with van der Waals surface area (Å²) in [5, 5.41) is 0. The van der Waals surface area contributed by atoms with Crippen LogP contribution in [0.5, 0.6) is 11.6 Å². The molecule has 5 rings (SSSR count). The summed E-state index contributed by atoms with van der Waals surface area (Å²) >= 11 is 0. The van der Waals surface area contributed by atoms with Crippen LogP contribution in [0.4, 0.5) is 11.4 Å². The van der Waals surface area contributed by atoms with Gasteiger partial charge in [0.25, 0.3) is 0 Å². The van der Waals surface area contributed by atoms with Crippen LogP contribution < -0.4 is 14.5 Å². The Morgan fingerprint density at radius 2 is 1.83 bits per heavy atom. The third kappa shape index (κ3) is 4.85. The maximum Gasteiger partial charge on any atom is 0.243 e. The number of amides is 2. The third-order valence-corrected chi connectivity index (χ3v) is 6.72. The Morgan fingerprint density at radius 3 is 2.66 bits per heavy atom. The van der Waals surface area contributed by atoms with Crippen LogP contribution in [0.1, 0.15) is 30.9 Å². The molecule has 1 aromatic heterocycles. The van der Waals surface area contributed by atoms with Crippen molar-refractivity contribution < 1.29 is 14.3 Å². The molecule has 35 heavy (non-hydrogen) atoms. The number of nitrogens with zero attached hydrogens (tertiary/aromatic N) is 4. The van der Waals surface area contributed by atoms with E-state index in [-0.39, 0.29) is 30.7 Å². The summed E-state index contributed by atoms with van der Waals surface area (Å²) in [5.74, 6) is 1.00. The van der Waals surface area contributed by atoms with E-state index in [4.69, 9.17) is 4.74 Å². The number of ether oxygens (including phenoxy) is 1. The van der Waals surface area contributed by atoms with Crippen LogP contribution in [0.25, 0.3) is 0 Å². The number of hydrogen-bond acceptors (Lipinski definition) is 5. The Kier molecular flexibility index (Phi) is 6.40. The first-order valence-corrected chi connectivity index (χ1v) is 12.1. The molecule has 0 spiro atoms. The molecule has 3 heterocycles. The van der Waals surface area contributed by atoms with Gasteiger partial charge in [-0.05, 0) is 49.7 Å². The molecule has 1 unspecified atom stereocenters. The molecular formula is C28H30N4O3. The highest BCUT2D eigenvalue weighted by Crippen LogP contribution is 2.37. The number of pyridine rings is 1. The molecule has 0 radical (unpaired) electrons. The van der Waals surface area contributed by atoms with Gasteiger partial charge in [-0.25, -0.2) is 4.98 Å². The van der Waals surface area contributed by atoms with Crippen molar-refractivity contribution in [2.24, 2.45) is 0 Å². The normalized spacial score (nSPS) is 17.2. The molecule has 1 atom stereocenters. The Bertz CT molecular complexity index is 1240. The minimum absolute atomic E-state index is 0.0203. The Morgan fingerprint density at radius 1 is 1.00 bits per heavy atom. The topological polar surface area (TPSA) is 66.0 Å². The number of para-hydroxylation sites is 1. The molecule has 0 N–H and O–H groups in total. The van der Waals surface area contributed by atoms with Gasteiger partial charge in [0, 0.05) is 56.0 Å². The van der Waals surface area contributed by atoms with Gasteiger partial charge in [-0.2, -0.15) is 0 Å². The summed E-state index contributed by atoms with van der Waals surface area (Å²) < 4.78 is 5.98. The number of fused-ring (bicyclic) bond motifs is 2. The van der Waals surface area contributed by atoms with E-state index in [1.165, 1.54) is 11.3 Å². The molecule has 2 aromatic carbocycles. The fraction of sp³-hybridized carbons (Fsp3) is 0.321. The number of hydrogen-bond donors (Lipinski definition) is 0. The second kappa shape index (κ2) is 9.78. The number of aromatic nitrogens is 1. The minimum atomic E-state index is -0.112. The average molecular weight is 471 g/mol. The summed E-state index contributed by atoms with van der Waals surface area (Å²) in [6, 6.07) is 19.9. The molecule has 1 fully saturated rings. The van der Waals surface area contributed by atoms with Crippen LogP contribution in [0, 0.1) is 6.92 Å².